The van der Waals surface area contributed by atoms with Crippen LogP contribution in [0.4, 0.5) is 0 Å². The van der Waals surface area contributed by atoms with Crippen molar-refractivity contribution in [3.8, 4) is 11.5 Å². The topological polar surface area (TPSA) is 52.6 Å². The van der Waals surface area contributed by atoms with Gasteiger partial charge in [-0.3, -0.25) is 0 Å². The number of rotatable bonds is 2. The number of halogens is 1. The molecule has 1 aliphatic heterocycles. The normalized spacial score (nSPS) is 15.2. The van der Waals surface area contributed by atoms with Crippen molar-refractivity contribution >= 4 is 19.7 Å². The third kappa shape index (κ3) is 1.74. The average molecular weight is 263 g/mol. The van der Waals surface area contributed by atoms with Crippen molar-refractivity contribution in [3.05, 3.63) is 23.8 Å². The number of benzene rings is 1. The van der Waals surface area contributed by atoms with E-state index in [-0.39, 0.29) is 6.79 Å². The standard InChI is InChI=1S/C10H11ClO4S/c1-10(2,16(11,12)13)7-3-4-8-9(5-7)15-6-14-8/h3-5H,6H2,1-2H3. The van der Waals surface area contributed by atoms with Crippen molar-refractivity contribution in [1.29, 1.82) is 0 Å². The molecule has 0 saturated heterocycles. The monoisotopic (exact) mass is 262 g/mol. The van der Waals surface area contributed by atoms with Gasteiger partial charge in [0.1, 0.15) is 4.75 Å². The Morgan fingerprint density at radius 2 is 1.88 bits per heavy atom. The molecular weight excluding hydrogens is 252 g/mol. The maximum absolute atomic E-state index is 11.4. The molecule has 16 heavy (non-hydrogen) atoms. The average Bonchev–Trinajstić information content (AvgIpc) is 2.61. The van der Waals surface area contributed by atoms with Crippen molar-refractivity contribution in [2.24, 2.45) is 0 Å². The molecule has 1 heterocycles. The smallest absolute Gasteiger partial charge is 0.241 e. The lowest BCUT2D eigenvalue weighted by Crippen LogP contribution is -2.24. The Morgan fingerprint density at radius 1 is 1.25 bits per heavy atom. The molecule has 1 aliphatic rings. The van der Waals surface area contributed by atoms with E-state index in [2.05, 4.69) is 0 Å². The predicted octanol–water partition coefficient (Wildman–Crippen LogP) is 2.22. The molecule has 1 aromatic rings. The van der Waals surface area contributed by atoms with Crippen molar-refractivity contribution in [1.82, 2.24) is 0 Å². The molecule has 4 nitrogen and oxygen atoms in total. The Morgan fingerprint density at radius 3 is 2.50 bits per heavy atom. The molecule has 0 aliphatic carbocycles. The zero-order valence-corrected chi connectivity index (χ0v) is 10.4. The summed E-state index contributed by atoms with van der Waals surface area (Å²) in [4.78, 5) is 0. The summed E-state index contributed by atoms with van der Waals surface area (Å²) in [6.07, 6.45) is 0. The summed E-state index contributed by atoms with van der Waals surface area (Å²) in [7, 11) is 1.71. The van der Waals surface area contributed by atoms with E-state index in [0.29, 0.717) is 17.1 Å². The van der Waals surface area contributed by atoms with Crippen molar-refractivity contribution in [3.63, 3.8) is 0 Å². The fourth-order valence-corrected chi connectivity index (χ4v) is 2.09. The van der Waals surface area contributed by atoms with Gasteiger partial charge in [0.2, 0.25) is 15.8 Å². The molecule has 0 unspecified atom stereocenters. The highest BCUT2D eigenvalue weighted by atomic mass is 35.7. The van der Waals surface area contributed by atoms with Gasteiger partial charge in [-0.25, -0.2) is 8.42 Å². The van der Waals surface area contributed by atoms with Crippen molar-refractivity contribution < 1.29 is 17.9 Å². The number of hydrogen-bond acceptors (Lipinski definition) is 4. The van der Waals surface area contributed by atoms with E-state index in [1.165, 1.54) is 0 Å². The second-order valence-electron chi connectivity index (χ2n) is 4.02. The summed E-state index contributed by atoms with van der Waals surface area (Å²) in [5.74, 6) is 1.16. The van der Waals surface area contributed by atoms with Gasteiger partial charge in [0.05, 0.1) is 0 Å². The first-order chi connectivity index (χ1) is 7.32. The Bertz CT molecular complexity index is 522. The van der Waals surface area contributed by atoms with E-state index >= 15 is 0 Å². The molecule has 0 saturated carbocycles. The fourth-order valence-electron chi connectivity index (χ4n) is 1.41. The molecular formula is C10H11ClO4S. The van der Waals surface area contributed by atoms with E-state index in [9.17, 15) is 8.42 Å². The van der Waals surface area contributed by atoms with Crippen LogP contribution in [0.3, 0.4) is 0 Å². The summed E-state index contributed by atoms with van der Waals surface area (Å²) >= 11 is 0. The first-order valence-corrected chi connectivity index (χ1v) is 6.97. The molecule has 1 aromatic carbocycles. The van der Waals surface area contributed by atoms with Gasteiger partial charge in [-0.05, 0) is 31.5 Å². The summed E-state index contributed by atoms with van der Waals surface area (Å²) in [6, 6.07) is 5.00. The van der Waals surface area contributed by atoms with Crippen LogP contribution in [0.25, 0.3) is 0 Å². The van der Waals surface area contributed by atoms with Gasteiger partial charge in [-0.1, -0.05) is 6.07 Å². The third-order valence-corrected chi connectivity index (χ3v) is 5.29. The van der Waals surface area contributed by atoms with Crippen LogP contribution in [0.1, 0.15) is 19.4 Å². The predicted molar refractivity (Wildman–Crippen MR) is 60.4 cm³/mol. The van der Waals surface area contributed by atoms with Crippen LogP contribution >= 0.6 is 10.7 Å². The van der Waals surface area contributed by atoms with Gasteiger partial charge in [-0.2, -0.15) is 0 Å². The van der Waals surface area contributed by atoms with Crippen LogP contribution in [0, 0.1) is 0 Å². The molecule has 2 rings (SSSR count). The van der Waals surface area contributed by atoms with Crippen LogP contribution in [0.2, 0.25) is 0 Å². The van der Waals surface area contributed by atoms with E-state index < -0.39 is 13.8 Å². The summed E-state index contributed by atoms with van der Waals surface area (Å²) in [5.41, 5.74) is 0.576. The molecule has 0 bridgehead atoms. The van der Waals surface area contributed by atoms with Crippen LogP contribution in [-0.4, -0.2) is 15.2 Å². The van der Waals surface area contributed by atoms with E-state index in [1.54, 1.807) is 32.0 Å². The van der Waals surface area contributed by atoms with Crippen molar-refractivity contribution in [2.75, 3.05) is 6.79 Å². The Labute approximate surface area is 98.5 Å². The van der Waals surface area contributed by atoms with Gasteiger partial charge < -0.3 is 9.47 Å². The maximum atomic E-state index is 11.4. The van der Waals surface area contributed by atoms with Crippen LogP contribution in [-0.2, 0) is 13.8 Å². The van der Waals surface area contributed by atoms with E-state index in [1.807, 2.05) is 0 Å². The van der Waals surface area contributed by atoms with Crippen LogP contribution < -0.4 is 9.47 Å². The molecule has 0 amide bonds. The third-order valence-electron chi connectivity index (χ3n) is 2.68. The summed E-state index contributed by atoms with van der Waals surface area (Å²) in [6.45, 7) is 3.26. The molecule has 0 aromatic heterocycles. The Kier molecular flexibility index (Phi) is 2.55. The number of hydrogen-bond donors (Lipinski definition) is 0. The van der Waals surface area contributed by atoms with Crippen LogP contribution in [0.5, 0.6) is 11.5 Å². The van der Waals surface area contributed by atoms with Gasteiger partial charge in [0.25, 0.3) is 0 Å². The minimum absolute atomic E-state index is 0.160. The quantitative estimate of drug-likeness (QED) is 0.767. The Hall–Kier alpha value is -0.940. The van der Waals surface area contributed by atoms with Gasteiger partial charge in [0.15, 0.2) is 11.5 Å². The highest BCUT2D eigenvalue weighted by molar-refractivity contribution is 8.14. The molecule has 0 atom stereocenters. The van der Waals surface area contributed by atoms with E-state index in [0.717, 1.165) is 0 Å². The minimum Gasteiger partial charge on any atom is -0.454 e. The zero-order chi connectivity index (χ0) is 12.0. The molecule has 6 heteroatoms. The lowest BCUT2D eigenvalue weighted by Gasteiger charge is -2.21. The maximum Gasteiger partial charge on any atom is 0.241 e. The van der Waals surface area contributed by atoms with Gasteiger partial charge >= 0.3 is 0 Å². The SMILES string of the molecule is CC(C)(c1ccc2c(c1)OCO2)S(=O)(=O)Cl. The second-order valence-corrected chi connectivity index (χ2v) is 7.13. The second kappa shape index (κ2) is 3.53. The molecule has 0 radical (unpaired) electrons. The molecule has 0 fully saturated rings. The van der Waals surface area contributed by atoms with Gasteiger partial charge in [0, 0.05) is 10.7 Å². The summed E-state index contributed by atoms with van der Waals surface area (Å²) < 4.78 is 32.1. The Balaban J connectivity index is 2.50. The molecule has 0 N–H and O–H groups in total. The highest BCUT2D eigenvalue weighted by Crippen LogP contribution is 2.39. The minimum atomic E-state index is -3.70. The largest absolute Gasteiger partial charge is 0.454 e. The lowest BCUT2D eigenvalue weighted by molar-refractivity contribution is 0.174. The first kappa shape index (κ1) is 11.5. The number of ether oxygens (including phenoxy) is 2. The lowest BCUT2D eigenvalue weighted by atomic mass is 10.0. The zero-order valence-electron chi connectivity index (χ0n) is 8.86. The number of fused-ring (bicyclic) bond motifs is 1. The first-order valence-electron chi connectivity index (χ1n) is 4.67. The molecule has 88 valence electrons. The van der Waals surface area contributed by atoms with E-state index in [4.69, 9.17) is 20.2 Å². The summed E-state index contributed by atoms with van der Waals surface area (Å²) in [5, 5.41) is 0. The van der Waals surface area contributed by atoms with Gasteiger partial charge in [-0.15, -0.1) is 0 Å². The fraction of sp³-hybridized carbons (Fsp3) is 0.400. The molecule has 0 spiro atoms. The van der Waals surface area contributed by atoms with Crippen LogP contribution in [0.15, 0.2) is 18.2 Å². The highest BCUT2D eigenvalue weighted by Gasteiger charge is 2.35. The van der Waals surface area contributed by atoms with Crippen molar-refractivity contribution in [2.45, 2.75) is 18.6 Å².